The number of aromatic amines is 1. The Labute approximate surface area is 125 Å². The molecule has 21 heavy (non-hydrogen) atoms. The number of methoxy groups -OCH3 is 1. The SMILES string of the molecule is CCCc1c(Cl)[nH]c(=O)n(-c2ccc(OC)c(F)c2)c1=O. The lowest BCUT2D eigenvalue weighted by atomic mass is 10.2. The van der Waals surface area contributed by atoms with Crippen LogP contribution < -0.4 is 16.0 Å². The number of hydrogen-bond acceptors (Lipinski definition) is 3. The van der Waals surface area contributed by atoms with Gasteiger partial charge in [0.05, 0.1) is 18.4 Å². The minimum atomic E-state index is -0.714. The van der Waals surface area contributed by atoms with Crippen molar-refractivity contribution in [2.24, 2.45) is 0 Å². The third-order valence-electron chi connectivity index (χ3n) is 3.04. The lowest BCUT2D eigenvalue weighted by Gasteiger charge is -2.09. The first-order chi connectivity index (χ1) is 9.99. The van der Waals surface area contributed by atoms with E-state index >= 15 is 0 Å². The molecule has 0 atom stereocenters. The van der Waals surface area contributed by atoms with E-state index in [4.69, 9.17) is 16.3 Å². The van der Waals surface area contributed by atoms with E-state index < -0.39 is 17.1 Å². The second-order valence-corrected chi connectivity index (χ2v) is 4.81. The molecule has 1 aromatic carbocycles. The van der Waals surface area contributed by atoms with E-state index in [1.807, 2.05) is 6.92 Å². The summed E-state index contributed by atoms with van der Waals surface area (Å²) in [7, 11) is 1.33. The minimum absolute atomic E-state index is 0.0251. The molecule has 1 aromatic heterocycles. The Bertz CT molecular complexity index is 783. The molecule has 0 spiro atoms. The fraction of sp³-hybridized carbons (Fsp3) is 0.286. The molecule has 2 rings (SSSR count). The number of hydrogen-bond donors (Lipinski definition) is 1. The first kappa shape index (κ1) is 15.3. The van der Waals surface area contributed by atoms with E-state index in [-0.39, 0.29) is 16.6 Å². The van der Waals surface area contributed by atoms with Gasteiger partial charge in [0.15, 0.2) is 11.6 Å². The highest BCUT2D eigenvalue weighted by Crippen LogP contribution is 2.19. The van der Waals surface area contributed by atoms with E-state index in [0.717, 1.165) is 10.6 Å². The van der Waals surface area contributed by atoms with E-state index in [1.54, 1.807) is 0 Å². The van der Waals surface area contributed by atoms with Gasteiger partial charge >= 0.3 is 5.69 Å². The smallest absolute Gasteiger partial charge is 0.334 e. The molecule has 0 saturated carbocycles. The number of benzene rings is 1. The maximum absolute atomic E-state index is 13.7. The molecule has 0 saturated heterocycles. The van der Waals surface area contributed by atoms with Gasteiger partial charge in [-0.15, -0.1) is 0 Å². The zero-order chi connectivity index (χ0) is 15.6. The summed E-state index contributed by atoms with van der Waals surface area (Å²) in [6, 6.07) is 3.85. The van der Waals surface area contributed by atoms with Gasteiger partial charge in [-0.3, -0.25) is 9.78 Å². The van der Waals surface area contributed by atoms with E-state index in [1.165, 1.54) is 19.2 Å². The number of aromatic nitrogens is 2. The number of ether oxygens (including phenoxy) is 1. The summed E-state index contributed by atoms with van der Waals surface area (Å²) >= 11 is 5.89. The Morgan fingerprint density at radius 2 is 2.10 bits per heavy atom. The molecule has 1 N–H and O–H groups in total. The monoisotopic (exact) mass is 312 g/mol. The van der Waals surface area contributed by atoms with Gasteiger partial charge in [0, 0.05) is 6.07 Å². The normalized spacial score (nSPS) is 10.7. The lowest BCUT2D eigenvalue weighted by Crippen LogP contribution is -2.36. The van der Waals surface area contributed by atoms with Crippen molar-refractivity contribution in [1.82, 2.24) is 9.55 Å². The van der Waals surface area contributed by atoms with Crippen molar-refractivity contribution in [3.05, 3.63) is 55.6 Å². The van der Waals surface area contributed by atoms with Crippen molar-refractivity contribution >= 4 is 11.6 Å². The zero-order valence-electron chi connectivity index (χ0n) is 11.6. The van der Waals surface area contributed by atoms with Gasteiger partial charge in [-0.1, -0.05) is 24.9 Å². The van der Waals surface area contributed by atoms with Gasteiger partial charge < -0.3 is 4.74 Å². The van der Waals surface area contributed by atoms with Crippen molar-refractivity contribution in [1.29, 1.82) is 0 Å². The molecular weight excluding hydrogens is 299 g/mol. The predicted octanol–water partition coefficient (Wildman–Crippen LogP) is 2.28. The van der Waals surface area contributed by atoms with Crippen LogP contribution >= 0.6 is 11.6 Å². The summed E-state index contributed by atoms with van der Waals surface area (Å²) in [5.41, 5.74) is -0.840. The average Bonchev–Trinajstić information content (AvgIpc) is 2.43. The van der Waals surface area contributed by atoms with Crippen LogP contribution in [0.1, 0.15) is 18.9 Å². The molecule has 0 fully saturated rings. The maximum atomic E-state index is 13.7. The third kappa shape index (κ3) is 2.85. The summed E-state index contributed by atoms with van der Waals surface area (Å²) in [5.74, 6) is -0.626. The summed E-state index contributed by atoms with van der Waals surface area (Å²) in [6.45, 7) is 1.89. The Balaban J connectivity index is 2.69. The predicted molar refractivity (Wildman–Crippen MR) is 78.2 cm³/mol. The molecule has 0 aliphatic carbocycles. The van der Waals surface area contributed by atoms with Gasteiger partial charge in [0.25, 0.3) is 5.56 Å². The van der Waals surface area contributed by atoms with E-state index in [2.05, 4.69) is 4.98 Å². The molecule has 0 radical (unpaired) electrons. The Hall–Kier alpha value is -2.08. The summed E-state index contributed by atoms with van der Waals surface area (Å²) in [5, 5.41) is 0.0251. The second-order valence-electron chi connectivity index (χ2n) is 4.43. The van der Waals surface area contributed by atoms with Crippen molar-refractivity contribution < 1.29 is 9.13 Å². The van der Waals surface area contributed by atoms with Crippen LogP contribution in [0.3, 0.4) is 0 Å². The van der Waals surface area contributed by atoms with Crippen LogP contribution in [0.5, 0.6) is 5.75 Å². The second kappa shape index (κ2) is 6.13. The topological polar surface area (TPSA) is 64.1 Å². The molecular formula is C14H14ClFN2O3. The van der Waals surface area contributed by atoms with E-state index in [9.17, 15) is 14.0 Å². The highest BCUT2D eigenvalue weighted by atomic mass is 35.5. The molecule has 112 valence electrons. The molecule has 2 aromatic rings. The number of halogens is 2. The molecule has 0 aliphatic heterocycles. The highest BCUT2D eigenvalue weighted by molar-refractivity contribution is 6.30. The molecule has 5 nitrogen and oxygen atoms in total. The maximum Gasteiger partial charge on any atom is 0.334 e. The van der Waals surface area contributed by atoms with Crippen LogP contribution in [0.15, 0.2) is 27.8 Å². The first-order valence-electron chi connectivity index (χ1n) is 6.37. The van der Waals surface area contributed by atoms with E-state index in [0.29, 0.717) is 18.4 Å². The van der Waals surface area contributed by atoms with Gasteiger partial charge in [-0.05, 0) is 18.6 Å². The molecule has 0 aliphatic rings. The molecule has 0 amide bonds. The molecule has 0 unspecified atom stereocenters. The molecule has 0 bridgehead atoms. The summed E-state index contributed by atoms with van der Waals surface area (Å²) < 4.78 is 19.4. The Morgan fingerprint density at radius 1 is 1.38 bits per heavy atom. The van der Waals surface area contributed by atoms with Crippen LogP contribution in [-0.2, 0) is 6.42 Å². The number of H-pyrrole nitrogens is 1. The molecule has 7 heteroatoms. The summed E-state index contributed by atoms with van der Waals surface area (Å²) in [4.78, 5) is 26.7. The fourth-order valence-corrected chi connectivity index (χ4v) is 2.30. The van der Waals surface area contributed by atoms with Crippen LogP contribution in [0.2, 0.25) is 5.15 Å². The standard InChI is InChI=1S/C14H14ClFN2O3/c1-3-4-9-12(15)17-14(20)18(13(9)19)8-5-6-11(21-2)10(16)7-8/h5-7H,3-4H2,1-2H3,(H,17,20). The molecule has 1 heterocycles. The van der Waals surface area contributed by atoms with Gasteiger partial charge in [-0.25, -0.2) is 13.8 Å². The quantitative estimate of drug-likeness (QED) is 0.881. The summed E-state index contributed by atoms with van der Waals surface area (Å²) in [6.07, 6.45) is 1.12. The van der Waals surface area contributed by atoms with Crippen molar-refractivity contribution in [3.63, 3.8) is 0 Å². The van der Waals surface area contributed by atoms with Crippen LogP contribution in [0.4, 0.5) is 4.39 Å². The fourth-order valence-electron chi connectivity index (χ4n) is 2.04. The minimum Gasteiger partial charge on any atom is -0.494 e. The number of nitrogens with one attached hydrogen (secondary N) is 1. The highest BCUT2D eigenvalue weighted by Gasteiger charge is 2.14. The Morgan fingerprint density at radius 3 is 2.67 bits per heavy atom. The lowest BCUT2D eigenvalue weighted by molar-refractivity contribution is 0.386. The van der Waals surface area contributed by atoms with Crippen LogP contribution in [0, 0.1) is 5.82 Å². The number of nitrogens with zero attached hydrogens (tertiary/aromatic N) is 1. The van der Waals surface area contributed by atoms with Crippen molar-refractivity contribution in [3.8, 4) is 11.4 Å². The van der Waals surface area contributed by atoms with Crippen molar-refractivity contribution in [2.75, 3.05) is 7.11 Å². The average molecular weight is 313 g/mol. The van der Waals surface area contributed by atoms with Crippen molar-refractivity contribution in [2.45, 2.75) is 19.8 Å². The number of rotatable bonds is 4. The first-order valence-corrected chi connectivity index (χ1v) is 6.75. The van der Waals surface area contributed by atoms with Crippen LogP contribution in [-0.4, -0.2) is 16.7 Å². The van der Waals surface area contributed by atoms with Gasteiger partial charge in [0.2, 0.25) is 0 Å². The Kier molecular flexibility index (Phi) is 4.47. The zero-order valence-corrected chi connectivity index (χ0v) is 12.3. The van der Waals surface area contributed by atoms with Gasteiger partial charge in [0.1, 0.15) is 5.15 Å². The van der Waals surface area contributed by atoms with Gasteiger partial charge in [-0.2, -0.15) is 0 Å². The third-order valence-corrected chi connectivity index (χ3v) is 3.36. The largest absolute Gasteiger partial charge is 0.494 e. The van der Waals surface area contributed by atoms with Crippen LogP contribution in [0.25, 0.3) is 5.69 Å².